The first-order valence-electron chi connectivity index (χ1n) is 7.33. The van der Waals surface area contributed by atoms with E-state index in [1.807, 2.05) is 11.6 Å². The summed E-state index contributed by atoms with van der Waals surface area (Å²) in [6, 6.07) is 2.50. The van der Waals surface area contributed by atoms with Gasteiger partial charge in [0.25, 0.3) is 5.91 Å². The van der Waals surface area contributed by atoms with Crippen LogP contribution in [0.4, 0.5) is 4.79 Å². The van der Waals surface area contributed by atoms with Gasteiger partial charge in [-0.1, -0.05) is 13.3 Å². The third-order valence-corrected chi connectivity index (χ3v) is 4.11. The lowest BCUT2D eigenvalue weighted by Gasteiger charge is -2.08. The van der Waals surface area contributed by atoms with E-state index in [1.54, 1.807) is 0 Å². The number of unbranched alkanes of at least 4 members (excludes halogenated alkanes) is 1. The van der Waals surface area contributed by atoms with E-state index < -0.39 is 22.0 Å². The molecule has 9 nitrogen and oxygen atoms in total. The molecule has 1 aromatic rings. The molecule has 2 amide bonds. The molecule has 0 aromatic carbocycles. The molecule has 10 heteroatoms. The number of amides is 2. The summed E-state index contributed by atoms with van der Waals surface area (Å²) in [5.41, 5.74) is 0.0183. The first-order chi connectivity index (χ1) is 11.4. The van der Waals surface area contributed by atoms with Crippen molar-refractivity contribution < 1.29 is 27.5 Å². The molecule has 0 radical (unpaired) electrons. The Bertz CT molecular complexity index is 662. The number of hydrogen-bond donors (Lipinski definition) is 2. The van der Waals surface area contributed by atoms with Crippen molar-refractivity contribution in [3.63, 3.8) is 0 Å². The predicted molar refractivity (Wildman–Crippen MR) is 86.3 cm³/mol. The second kappa shape index (κ2) is 9.83. The lowest BCUT2D eigenvalue weighted by atomic mass is 10.2. The zero-order chi connectivity index (χ0) is 18.0. The summed E-state index contributed by atoms with van der Waals surface area (Å²) in [7, 11) is -2.20. The number of carbonyl (C=O) groups excluding carboxylic acids is 2. The van der Waals surface area contributed by atoms with Crippen molar-refractivity contribution in [3.05, 3.63) is 23.9 Å². The summed E-state index contributed by atoms with van der Waals surface area (Å²) in [5.74, 6) is -1.06. The molecule has 134 valence electrons. The Kier molecular flexibility index (Phi) is 8.13. The number of nitrogens with one attached hydrogen (secondary N) is 2. The largest absolute Gasteiger partial charge is 0.414 e. The molecule has 0 unspecified atom stereocenters. The van der Waals surface area contributed by atoms with E-state index in [9.17, 15) is 18.0 Å². The molecule has 0 saturated heterocycles. The van der Waals surface area contributed by atoms with E-state index in [4.69, 9.17) is 9.47 Å². The Labute approximate surface area is 140 Å². The lowest BCUT2D eigenvalue weighted by Crippen LogP contribution is -2.33. The zero-order valence-corrected chi connectivity index (χ0v) is 14.4. The van der Waals surface area contributed by atoms with E-state index in [0.717, 1.165) is 0 Å². The van der Waals surface area contributed by atoms with Gasteiger partial charge in [-0.15, -0.1) is 0 Å². The summed E-state index contributed by atoms with van der Waals surface area (Å²) in [6.45, 7) is 2.42. The van der Waals surface area contributed by atoms with Crippen molar-refractivity contribution >= 4 is 22.0 Å². The Morgan fingerprint density at radius 1 is 1.33 bits per heavy atom. The van der Waals surface area contributed by atoms with Crippen molar-refractivity contribution in [3.8, 4) is 5.88 Å². The highest BCUT2D eigenvalue weighted by Crippen LogP contribution is 2.10. The van der Waals surface area contributed by atoms with Crippen LogP contribution in [0.1, 0.15) is 30.1 Å². The van der Waals surface area contributed by atoms with Crippen LogP contribution in [0.25, 0.3) is 0 Å². The average molecular weight is 359 g/mol. The van der Waals surface area contributed by atoms with E-state index in [0.29, 0.717) is 19.4 Å². The van der Waals surface area contributed by atoms with Gasteiger partial charge in [0.2, 0.25) is 15.9 Å². The highest BCUT2D eigenvalue weighted by Gasteiger charge is 2.16. The van der Waals surface area contributed by atoms with Crippen LogP contribution in [0.3, 0.4) is 0 Å². The minimum atomic E-state index is -3.70. The maximum absolute atomic E-state index is 12.0. The zero-order valence-electron chi connectivity index (χ0n) is 13.6. The molecule has 1 rings (SSSR count). The molecule has 0 saturated carbocycles. The molecule has 24 heavy (non-hydrogen) atoms. The number of hydrogen-bond acceptors (Lipinski definition) is 7. The minimum absolute atomic E-state index is 0.0183. The molecule has 1 aromatic heterocycles. The molecule has 0 fully saturated rings. The first-order valence-corrected chi connectivity index (χ1v) is 8.98. The highest BCUT2D eigenvalue weighted by atomic mass is 32.2. The standard InChI is InChI=1S/C14H21N3O6S/c1-3-4-9-24(20,21)17-13(18)11-5-6-15-12(10-11)23-14(19)16-7-8-22-2/h5-6,10H,3-4,7-9H2,1-2H3,(H,16,19)(H,17,18). The van der Waals surface area contributed by atoms with Crippen molar-refractivity contribution in [1.82, 2.24) is 15.0 Å². The quantitative estimate of drug-likeness (QED) is 0.621. The van der Waals surface area contributed by atoms with Crippen LogP contribution in [0.2, 0.25) is 0 Å². The Balaban J connectivity index is 2.67. The molecule has 0 spiro atoms. The molecule has 0 aliphatic carbocycles. The van der Waals surface area contributed by atoms with E-state index in [2.05, 4.69) is 10.3 Å². The fraction of sp³-hybridized carbons (Fsp3) is 0.500. The van der Waals surface area contributed by atoms with Gasteiger partial charge in [-0.3, -0.25) is 4.79 Å². The third-order valence-electron chi connectivity index (χ3n) is 2.78. The summed E-state index contributed by atoms with van der Waals surface area (Å²) in [4.78, 5) is 27.3. The SMILES string of the molecule is CCCCS(=O)(=O)NC(=O)c1ccnc(OC(=O)NCCOC)c1. The van der Waals surface area contributed by atoms with Gasteiger partial charge in [0, 0.05) is 31.5 Å². The Morgan fingerprint density at radius 3 is 2.75 bits per heavy atom. The fourth-order valence-electron chi connectivity index (χ4n) is 1.58. The predicted octanol–water partition coefficient (Wildman–Crippen LogP) is 0.676. The van der Waals surface area contributed by atoms with Gasteiger partial charge in [0.05, 0.1) is 12.4 Å². The van der Waals surface area contributed by atoms with Crippen LogP contribution < -0.4 is 14.8 Å². The highest BCUT2D eigenvalue weighted by molar-refractivity contribution is 7.90. The number of rotatable bonds is 9. The third kappa shape index (κ3) is 7.38. The van der Waals surface area contributed by atoms with Gasteiger partial charge < -0.3 is 14.8 Å². The van der Waals surface area contributed by atoms with Crippen LogP contribution in [-0.2, 0) is 14.8 Å². The van der Waals surface area contributed by atoms with Gasteiger partial charge in [0.15, 0.2) is 0 Å². The smallest absolute Gasteiger partial charge is 0.391 e. The maximum Gasteiger partial charge on any atom is 0.414 e. The lowest BCUT2D eigenvalue weighted by molar-refractivity contribution is 0.0980. The van der Waals surface area contributed by atoms with Crippen molar-refractivity contribution in [2.45, 2.75) is 19.8 Å². The van der Waals surface area contributed by atoms with E-state index >= 15 is 0 Å². The second-order valence-corrected chi connectivity index (χ2v) is 6.64. The summed E-state index contributed by atoms with van der Waals surface area (Å²) < 4.78 is 35.1. The van der Waals surface area contributed by atoms with Crippen LogP contribution in [0, 0.1) is 0 Å². The minimum Gasteiger partial charge on any atom is -0.391 e. The number of carbonyl (C=O) groups is 2. The molecule has 0 aliphatic rings. The first kappa shape index (κ1) is 19.8. The van der Waals surface area contributed by atoms with Crippen LogP contribution in [0.15, 0.2) is 18.3 Å². The fourth-order valence-corrected chi connectivity index (χ4v) is 2.75. The van der Waals surface area contributed by atoms with Crippen molar-refractivity contribution in [2.24, 2.45) is 0 Å². The molecular formula is C14H21N3O6S. The van der Waals surface area contributed by atoms with Gasteiger partial charge in [-0.2, -0.15) is 0 Å². The molecule has 2 N–H and O–H groups in total. The number of pyridine rings is 1. The molecule has 0 aliphatic heterocycles. The van der Waals surface area contributed by atoms with Crippen LogP contribution >= 0.6 is 0 Å². The maximum atomic E-state index is 12.0. The number of ether oxygens (including phenoxy) is 2. The van der Waals surface area contributed by atoms with Crippen molar-refractivity contribution in [1.29, 1.82) is 0 Å². The molecule has 0 bridgehead atoms. The monoisotopic (exact) mass is 359 g/mol. The number of sulfonamides is 1. The number of methoxy groups -OCH3 is 1. The number of aromatic nitrogens is 1. The van der Waals surface area contributed by atoms with E-state index in [-0.39, 0.29) is 23.7 Å². The Hall–Kier alpha value is -2.20. The van der Waals surface area contributed by atoms with Gasteiger partial charge in [0.1, 0.15) is 0 Å². The molecular weight excluding hydrogens is 338 g/mol. The van der Waals surface area contributed by atoms with Crippen LogP contribution in [0.5, 0.6) is 5.88 Å². The van der Waals surface area contributed by atoms with Crippen molar-refractivity contribution in [2.75, 3.05) is 26.0 Å². The summed E-state index contributed by atoms with van der Waals surface area (Å²) in [5, 5.41) is 2.42. The van der Waals surface area contributed by atoms with Gasteiger partial charge in [-0.05, 0) is 12.5 Å². The van der Waals surface area contributed by atoms with Crippen LogP contribution in [-0.4, -0.2) is 51.4 Å². The summed E-state index contributed by atoms with van der Waals surface area (Å²) >= 11 is 0. The Morgan fingerprint density at radius 2 is 2.08 bits per heavy atom. The normalized spacial score (nSPS) is 10.9. The molecule has 0 atom stereocenters. The summed E-state index contributed by atoms with van der Waals surface area (Å²) in [6.07, 6.45) is 1.63. The van der Waals surface area contributed by atoms with Gasteiger partial charge >= 0.3 is 6.09 Å². The number of nitrogens with zero attached hydrogens (tertiary/aromatic N) is 1. The average Bonchev–Trinajstić information content (AvgIpc) is 2.53. The second-order valence-electron chi connectivity index (χ2n) is 4.80. The van der Waals surface area contributed by atoms with E-state index in [1.165, 1.54) is 25.4 Å². The topological polar surface area (TPSA) is 124 Å². The molecule has 1 heterocycles. The van der Waals surface area contributed by atoms with Gasteiger partial charge in [-0.25, -0.2) is 22.9 Å².